The number of rotatable bonds is 2. The Bertz CT molecular complexity index is 338. The van der Waals surface area contributed by atoms with E-state index in [9.17, 15) is 4.79 Å². The van der Waals surface area contributed by atoms with Gasteiger partial charge in [-0.2, -0.15) is 0 Å². The van der Waals surface area contributed by atoms with E-state index in [-0.39, 0.29) is 5.78 Å². The van der Waals surface area contributed by atoms with Crippen molar-refractivity contribution in [3.8, 4) is 0 Å². The smallest absolute Gasteiger partial charge is 0.152 e. The van der Waals surface area contributed by atoms with Gasteiger partial charge in [0.25, 0.3) is 0 Å². The number of halogens is 2. The van der Waals surface area contributed by atoms with Crippen LogP contribution in [0.3, 0.4) is 0 Å². The Hall–Kier alpha value is -0.730. The van der Waals surface area contributed by atoms with Crippen LogP contribution in [0.15, 0.2) is 18.2 Å². The number of anilines is 1. The lowest BCUT2D eigenvalue weighted by Gasteiger charge is -2.09. The average Bonchev–Trinajstić information content (AvgIpc) is 2.08. The van der Waals surface area contributed by atoms with E-state index in [1.807, 2.05) is 0 Å². The van der Waals surface area contributed by atoms with E-state index in [0.29, 0.717) is 16.3 Å². The van der Waals surface area contributed by atoms with Gasteiger partial charge in [0.1, 0.15) is 5.38 Å². The van der Waals surface area contributed by atoms with Gasteiger partial charge in [0.15, 0.2) is 5.78 Å². The summed E-state index contributed by atoms with van der Waals surface area (Å²) in [5, 5.41) is -0.353. The molecule has 4 heteroatoms. The lowest BCUT2D eigenvalue weighted by atomic mass is 10.1. The van der Waals surface area contributed by atoms with Crippen LogP contribution < -0.4 is 5.73 Å². The van der Waals surface area contributed by atoms with Crippen molar-refractivity contribution < 1.29 is 4.79 Å². The summed E-state index contributed by atoms with van der Waals surface area (Å²) in [6.07, 6.45) is 0. The van der Waals surface area contributed by atoms with Crippen LogP contribution in [0.5, 0.6) is 0 Å². The standard InChI is InChI=1S/C9H9Cl2NO/c1-5(13)8(10)6-3-2-4-7(12)9(6)11/h2-4,8H,12H2,1H3. The minimum atomic E-state index is -0.712. The maximum atomic E-state index is 11.0. The topological polar surface area (TPSA) is 43.1 Å². The predicted molar refractivity (Wildman–Crippen MR) is 55.1 cm³/mol. The Balaban J connectivity index is 3.15. The van der Waals surface area contributed by atoms with E-state index in [1.54, 1.807) is 18.2 Å². The third kappa shape index (κ3) is 2.14. The molecule has 1 rings (SSSR count). The molecule has 0 aliphatic heterocycles. The van der Waals surface area contributed by atoms with Crippen molar-refractivity contribution in [2.75, 3.05) is 5.73 Å². The van der Waals surface area contributed by atoms with Crippen LogP contribution in [0.4, 0.5) is 5.69 Å². The van der Waals surface area contributed by atoms with Crippen LogP contribution >= 0.6 is 23.2 Å². The molecule has 0 saturated carbocycles. The number of nitrogen functional groups attached to an aromatic ring is 1. The van der Waals surface area contributed by atoms with Crippen molar-refractivity contribution in [3.05, 3.63) is 28.8 Å². The zero-order valence-electron chi connectivity index (χ0n) is 7.05. The Morgan fingerprint density at radius 1 is 1.54 bits per heavy atom. The molecule has 13 heavy (non-hydrogen) atoms. The monoisotopic (exact) mass is 217 g/mol. The van der Waals surface area contributed by atoms with E-state index >= 15 is 0 Å². The molecule has 1 atom stereocenters. The second-order valence-corrected chi connectivity index (χ2v) is 3.54. The average molecular weight is 218 g/mol. The van der Waals surface area contributed by atoms with Gasteiger partial charge in [-0.05, 0) is 18.6 Å². The zero-order valence-corrected chi connectivity index (χ0v) is 8.56. The maximum Gasteiger partial charge on any atom is 0.152 e. The SMILES string of the molecule is CC(=O)C(Cl)c1cccc(N)c1Cl. The van der Waals surface area contributed by atoms with Crippen LogP contribution in [0.2, 0.25) is 5.02 Å². The largest absolute Gasteiger partial charge is 0.398 e. The zero-order chi connectivity index (χ0) is 10.0. The number of hydrogen-bond acceptors (Lipinski definition) is 2. The first kappa shape index (κ1) is 10.4. The molecule has 0 radical (unpaired) electrons. The van der Waals surface area contributed by atoms with Crippen molar-refractivity contribution in [2.45, 2.75) is 12.3 Å². The van der Waals surface area contributed by atoms with E-state index in [2.05, 4.69) is 0 Å². The van der Waals surface area contributed by atoms with Gasteiger partial charge in [0, 0.05) is 0 Å². The molecular formula is C9H9Cl2NO. The van der Waals surface area contributed by atoms with Gasteiger partial charge in [0.2, 0.25) is 0 Å². The number of hydrogen-bond donors (Lipinski definition) is 1. The summed E-state index contributed by atoms with van der Waals surface area (Å²) in [7, 11) is 0. The van der Waals surface area contributed by atoms with Gasteiger partial charge in [-0.15, -0.1) is 11.6 Å². The van der Waals surface area contributed by atoms with Gasteiger partial charge < -0.3 is 5.73 Å². The first-order chi connectivity index (χ1) is 6.04. The minimum absolute atomic E-state index is 0.144. The molecule has 0 bridgehead atoms. The van der Waals surface area contributed by atoms with Crippen molar-refractivity contribution in [2.24, 2.45) is 0 Å². The fourth-order valence-corrected chi connectivity index (χ4v) is 1.46. The summed E-state index contributed by atoms with van der Waals surface area (Å²) in [6.45, 7) is 1.41. The molecule has 0 aromatic heterocycles. The number of alkyl halides is 1. The molecule has 1 aromatic rings. The highest BCUT2D eigenvalue weighted by Crippen LogP contribution is 2.32. The summed E-state index contributed by atoms with van der Waals surface area (Å²) in [4.78, 5) is 11.0. The molecule has 0 saturated heterocycles. The summed E-state index contributed by atoms with van der Waals surface area (Å²) in [6, 6.07) is 5.07. The molecule has 2 N–H and O–H groups in total. The Morgan fingerprint density at radius 3 is 2.69 bits per heavy atom. The Morgan fingerprint density at radius 2 is 2.15 bits per heavy atom. The van der Waals surface area contributed by atoms with Crippen LogP contribution in [0, 0.1) is 0 Å². The molecule has 0 amide bonds. The van der Waals surface area contributed by atoms with E-state index in [4.69, 9.17) is 28.9 Å². The molecule has 1 aromatic carbocycles. The number of nitrogens with two attached hydrogens (primary N) is 1. The highest BCUT2D eigenvalue weighted by molar-refractivity contribution is 6.37. The summed E-state index contributed by atoms with van der Waals surface area (Å²) in [5.74, 6) is -0.144. The number of ketones is 1. The quantitative estimate of drug-likeness (QED) is 0.612. The van der Waals surface area contributed by atoms with Crippen LogP contribution in [-0.4, -0.2) is 5.78 Å². The van der Waals surface area contributed by atoms with Gasteiger partial charge in [-0.3, -0.25) is 4.79 Å². The van der Waals surface area contributed by atoms with E-state index in [0.717, 1.165) is 0 Å². The molecule has 0 aliphatic carbocycles. The van der Waals surface area contributed by atoms with Crippen molar-refractivity contribution in [1.82, 2.24) is 0 Å². The first-order valence-electron chi connectivity index (χ1n) is 3.72. The van der Waals surface area contributed by atoms with E-state index in [1.165, 1.54) is 6.92 Å². The van der Waals surface area contributed by atoms with Crippen molar-refractivity contribution in [1.29, 1.82) is 0 Å². The molecular weight excluding hydrogens is 209 g/mol. The molecule has 0 spiro atoms. The highest BCUT2D eigenvalue weighted by Gasteiger charge is 2.16. The van der Waals surface area contributed by atoms with Gasteiger partial charge in [0.05, 0.1) is 10.7 Å². The lowest BCUT2D eigenvalue weighted by Crippen LogP contribution is -2.03. The first-order valence-corrected chi connectivity index (χ1v) is 4.54. The Kier molecular flexibility index (Phi) is 3.17. The van der Waals surface area contributed by atoms with Crippen molar-refractivity contribution in [3.63, 3.8) is 0 Å². The molecule has 70 valence electrons. The van der Waals surface area contributed by atoms with Gasteiger partial charge in [-0.1, -0.05) is 23.7 Å². The number of carbonyl (C=O) groups excluding carboxylic acids is 1. The van der Waals surface area contributed by atoms with E-state index < -0.39 is 5.38 Å². The fraction of sp³-hybridized carbons (Fsp3) is 0.222. The lowest BCUT2D eigenvalue weighted by molar-refractivity contribution is -0.116. The van der Waals surface area contributed by atoms with Crippen LogP contribution in [0.1, 0.15) is 17.9 Å². The Labute approximate surface area is 86.6 Å². The minimum Gasteiger partial charge on any atom is -0.398 e. The number of Topliss-reactive ketones (excluding diaryl/α,β-unsaturated/α-hetero) is 1. The molecule has 0 aliphatic rings. The van der Waals surface area contributed by atoms with Crippen LogP contribution in [-0.2, 0) is 4.79 Å². The fourth-order valence-electron chi connectivity index (χ4n) is 0.983. The third-order valence-electron chi connectivity index (χ3n) is 1.69. The second-order valence-electron chi connectivity index (χ2n) is 2.72. The highest BCUT2D eigenvalue weighted by atomic mass is 35.5. The normalized spacial score (nSPS) is 12.5. The summed E-state index contributed by atoms with van der Waals surface area (Å²) < 4.78 is 0. The third-order valence-corrected chi connectivity index (χ3v) is 2.67. The number of benzene rings is 1. The predicted octanol–water partition coefficient (Wildman–Crippen LogP) is 2.79. The second kappa shape index (κ2) is 3.99. The number of carbonyl (C=O) groups is 1. The summed E-state index contributed by atoms with van der Waals surface area (Å²) >= 11 is 11.7. The molecule has 0 fully saturated rings. The molecule has 0 heterocycles. The van der Waals surface area contributed by atoms with Crippen molar-refractivity contribution >= 4 is 34.7 Å². The van der Waals surface area contributed by atoms with Gasteiger partial charge >= 0.3 is 0 Å². The maximum absolute atomic E-state index is 11.0. The summed E-state index contributed by atoms with van der Waals surface area (Å²) in [5.41, 5.74) is 6.56. The van der Waals surface area contributed by atoms with Crippen LogP contribution in [0.25, 0.3) is 0 Å². The molecule has 2 nitrogen and oxygen atoms in total. The van der Waals surface area contributed by atoms with Gasteiger partial charge in [-0.25, -0.2) is 0 Å². The molecule has 1 unspecified atom stereocenters.